The van der Waals surface area contributed by atoms with Crippen molar-refractivity contribution in [1.29, 1.82) is 0 Å². The molecule has 102 valence electrons. The average molecular weight is 266 g/mol. The van der Waals surface area contributed by atoms with Gasteiger partial charge in [0, 0.05) is 29.4 Å². The van der Waals surface area contributed by atoms with Crippen LogP contribution in [0.25, 0.3) is 0 Å². The van der Waals surface area contributed by atoms with E-state index < -0.39 is 0 Å². The molecule has 1 aliphatic rings. The largest absolute Gasteiger partial charge is 0.313 e. The van der Waals surface area contributed by atoms with Crippen LogP contribution in [0.5, 0.6) is 0 Å². The molecule has 1 unspecified atom stereocenters. The van der Waals surface area contributed by atoms with E-state index in [1.165, 1.54) is 43.9 Å². The third-order valence-corrected chi connectivity index (χ3v) is 5.10. The van der Waals surface area contributed by atoms with E-state index in [0.717, 1.165) is 0 Å². The summed E-state index contributed by atoms with van der Waals surface area (Å²) >= 11 is 1.89. The summed E-state index contributed by atoms with van der Waals surface area (Å²) in [7, 11) is 0. The van der Waals surface area contributed by atoms with Gasteiger partial charge in [0.05, 0.1) is 0 Å². The molecule has 0 aromatic carbocycles. The van der Waals surface area contributed by atoms with Crippen molar-refractivity contribution in [3.8, 4) is 0 Å². The van der Waals surface area contributed by atoms with E-state index in [4.69, 9.17) is 0 Å². The first-order chi connectivity index (χ1) is 8.62. The Morgan fingerprint density at radius 3 is 3.00 bits per heavy atom. The fourth-order valence-corrected chi connectivity index (χ4v) is 3.64. The normalized spacial score (nSPS) is 22.9. The summed E-state index contributed by atoms with van der Waals surface area (Å²) in [5.74, 6) is 0. The number of thiophene rings is 1. The molecular formula is C15H26N2S. The SMILES string of the molecule is CCC1CN(CC(C)(C)c2cccs2)CCCN1. The quantitative estimate of drug-likeness (QED) is 0.901. The van der Waals surface area contributed by atoms with E-state index in [1.807, 2.05) is 11.3 Å². The molecule has 2 rings (SSSR count). The van der Waals surface area contributed by atoms with Crippen LogP contribution in [0.2, 0.25) is 0 Å². The smallest absolute Gasteiger partial charge is 0.0192 e. The molecule has 3 heteroatoms. The Kier molecular flexibility index (Phi) is 4.82. The number of nitrogens with zero attached hydrogens (tertiary/aromatic N) is 1. The molecule has 1 aromatic heterocycles. The minimum absolute atomic E-state index is 0.275. The summed E-state index contributed by atoms with van der Waals surface area (Å²) in [5, 5.41) is 5.83. The van der Waals surface area contributed by atoms with Gasteiger partial charge in [-0.3, -0.25) is 0 Å². The maximum atomic E-state index is 3.64. The van der Waals surface area contributed by atoms with E-state index in [1.54, 1.807) is 0 Å². The Labute approximate surface area is 115 Å². The lowest BCUT2D eigenvalue weighted by Gasteiger charge is -2.32. The second-order valence-corrected chi connectivity index (χ2v) is 6.96. The van der Waals surface area contributed by atoms with Crippen LogP contribution in [0, 0.1) is 0 Å². The van der Waals surface area contributed by atoms with Crippen LogP contribution in [0.1, 0.15) is 38.5 Å². The van der Waals surface area contributed by atoms with Crippen LogP contribution < -0.4 is 5.32 Å². The second-order valence-electron chi connectivity index (χ2n) is 6.01. The van der Waals surface area contributed by atoms with Crippen molar-refractivity contribution in [3.05, 3.63) is 22.4 Å². The molecule has 1 aromatic rings. The van der Waals surface area contributed by atoms with Crippen molar-refractivity contribution < 1.29 is 0 Å². The van der Waals surface area contributed by atoms with Gasteiger partial charge >= 0.3 is 0 Å². The fourth-order valence-electron chi connectivity index (χ4n) is 2.79. The Balaban J connectivity index is 1.99. The van der Waals surface area contributed by atoms with Gasteiger partial charge in [-0.25, -0.2) is 0 Å². The van der Waals surface area contributed by atoms with Crippen molar-refractivity contribution in [2.45, 2.75) is 45.1 Å². The zero-order valence-corrected chi connectivity index (χ0v) is 12.7. The summed E-state index contributed by atoms with van der Waals surface area (Å²) in [4.78, 5) is 4.15. The molecule has 1 N–H and O–H groups in total. The highest BCUT2D eigenvalue weighted by Crippen LogP contribution is 2.28. The average Bonchev–Trinajstić information content (AvgIpc) is 2.78. The van der Waals surface area contributed by atoms with Gasteiger partial charge in [-0.2, -0.15) is 0 Å². The third kappa shape index (κ3) is 3.56. The van der Waals surface area contributed by atoms with E-state index in [0.29, 0.717) is 6.04 Å². The van der Waals surface area contributed by atoms with E-state index in [9.17, 15) is 0 Å². The Hall–Kier alpha value is -0.380. The van der Waals surface area contributed by atoms with Gasteiger partial charge in [0.1, 0.15) is 0 Å². The van der Waals surface area contributed by atoms with Crippen molar-refractivity contribution in [2.75, 3.05) is 26.2 Å². The van der Waals surface area contributed by atoms with Gasteiger partial charge in [0.2, 0.25) is 0 Å². The first-order valence-corrected chi connectivity index (χ1v) is 7.99. The topological polar surface area (TPSA) is 15.3 Å². The molecule has 1 aliphatic heterocycles. The summed E-state index contributed by atoms with van der Waals surface area (Å²) in [5.41, 5.74) is 0.275. The lowest BCUT2D eigenvalue weighted by molar-refractivity contribution is 0.220. The molecule has 0 aliphatic carbocycles. The number of nitrogens with one attached hydrogen (secondary N) is 1. The van der Waals surface area contributed by atoms with Crippen molar-refractivity contribution in [2.24, 2.45) is 0 Å². The lowest BCUT2D eigenvalue weighted by Crippen LogP contribution is -2.42. The Morgan fingerprint density at radius 1 is 1.50 bits per heavy atom. The Morgan fingerprint density at radius 2 is 2.33 bits per heavy atom. The molecule has 0 spiro atoms. The summed E-state index contributed by atoms with van der Waals surface area (Å²) in [6, 6.07) is 5.12. The predicted molar refractivity (Wildman–Crippen MR) is 80.5 cm³/mol. The molecule has 2 heterocycles. The van der Waals surface area contributed by atoms with Crippen LogP contribution in [0.4, 0.5) is 0 Å². The fraction of sp³-hybridized carbons (Fsp3) is 0.733. The Bertz CT molecular complexity index is 345. The van der Waals surface area contributed by atoms with Crippen LogP contribution in [0.3, 0.4) is 0 Å². The minimum Gasteiger partial charge on any atom is -0.313 e. The van der Waals surface area contributed by atoms with Crippen molar-refractivity contribution in [3.63, 3.8) is 0 Å². The zero-order valence-electron chi connectivity index (χ0n) is 11.9. The van der Waals surface area contributed by atoms with Gasteiger partial charge in [-0.05, 0) is 37.4 Å². The summed E-state index contributed by atoms with van der Waals surface area (Å²) < 4.78 is 0. The van der Waals surface area contributed by atoms with E-state index in [-0.39, 0.29) is 5.41 Å². The van der Waals surface area contributed by atoms with Gasteiger partial charge in [0.15, 0.2) is 0 Å². The number of hydrogen-bond donors (Lipinski definition) is 1. The molecule has 1 fully saturated rings. The molecule has 0 bridgehead atoms. The standard InChI is InChI=1S/C15H26N2S/c1-4-13-11-17(9-6-8-16-13)12-15(2,3)14-7-5-10-18-14/h5,7,10,13,16H,4,6,8-9,11-12H2,1-3H3. The first-order valence-electron chi connectivity index (χ1n) is 7.11. The first kappa shape index (κ1) is 14.0. The molecule has 0 radical (unpaired) electrons. The van der Waals surface area contributed by atoms with E-state index >= 15 is 0 Å². The van der Waals surface area contributed by atoms with Crippen LogP contribution in [0.15, 0.2) is 17.5 Å². The summed E-state index contributed by atoms with van der Waals surface area (Å²) in [6.45, 7) is 11.8. The highest BCUT2D eigenvalue weighted by Gasteiger charge is 2.26. The number of hydrogen-bond acceptors (Lipinski definition) is 3. The van der Waals surface area contributed by atoms with Crippen molar-refractivity contribution >= 4 is 11.3 Å². The third-order valence-electron chi connectivity index (χ3n) is 3.86. The zero-order chi connectivity index (χ0) is 13.0. The van der Waals surface area contributed by atoms with Crippen LogP contribution in [-0.4, -0.2) is 37.1 Å². The van der Waals surface area contributed by atoms with Crippen LogP contribution in [-0.2, 0) is 5.41 Å². The van der Waals surface area contributed by atoms with Crippen LogP contribution >= 0.6 is 11.3 Å². The summed E-state index contributed by atoms with van der Waals surface area (Å²) in [6.07, 6.45) is 2.51. The predicted octanol–water partition coefficient (Wildman–Crippen LogP) is 3.10. The molecular weight excluding hydrogens is 240 g/mol. The van der Waals surface area contributed by atoms with Gasteiger partial charge in [0.25, 0.3) is 0 Å². The van der Waals surface area contributed by atoms with Gasteiger partial charge in [-0.15, -0.1) is 11.3 Å². The maximum absolute atomic E-state index is 3.64. The highest BCUT2D eigenvalue weighted by molar-refractivity contribution is 7.10. The molecule has 1 atom stereocenters. The highest BCUT2D eigenvalue weighted by atomic mass is 32.1. The maximum Gasteiger partial charge on any atom is 0.0192 e. The molecule has 2 nitrogen and oxygen atoms in total. The second kappa shape index (κ2) is 6.18. The van der Waals surface area contributed by atoms with E-state index in [2.05, 4.69) is 48.5 Å². The molecule has 0 saturated carbocycles. The lowest BCUT2D eigenvalue weighted by atomic mass is 9.90. The molecule has 1 saturated heterocycles. The molecule has 18 heavy (non-hydrogen) atoms. The minimum atomic E-state index is 0.275. The van der Waals surface area contributed by atoms with Crippen molar-refractivity contribution in [1.82, 2.24) is 10.2 Å². The number of rotatable bonds is 4. The molecule has 0 amide bonds. The van der Waals surface area contributed by atoms with Gasteiger partial charge in [-0.1, -0.05) is 26.8 Å². The van der Waals surface area contributed by atoms with Gasteiger partial charge < -0.3 is 10.2 Å². The monoisotopic (exact) mass is 266 g/mol.